The number of carbonyl (C=O) groups is 1. The quantitative estimate of drug-likeness (QED) is 0.571. The first-order valence-electron chi connectivity index (χ1n) is 10.6. The maximum Gasteiger partial charge on any atom is 0.357 e. The molecule has 7 nitrogen and oxygen atoms in total. The number of para-hydroxylation sites is 1. The fourth-order valence-electron chi connectivity index (χ4n) is 4.26. The number of fused-ring (bicyclic) bond motifs is 1. The van der Waals surface area contributed by atoms with E-state index in [-0.39, 0.29) is 16.9 Å². The Balaban J connectivity index is 1.53. The zero-order valence-electron chi connectivity index (χ0n) is 18.2. The summed E-state index contributed by atoms with van der Waals surface area (Å²) in [4.78, 5) is 12.3. The van der Waals surface area contributed by atoms with Gasteiger partial charge in [-0.15, -0.1) is 0 Å². The number of carbonyl (C=O) groups excluding carboxylic acids is 1. The first-order valence-corrected chi connectivity index (χ1v) is 10.6. The SMILES string of the molecule is COC(=O)c1c(N)c(C#N)cn1-c1cccc(CCC2CCc3cccc(OC)c3N2)c1. The molecule has 0 amide bonds. The molecule has 3 aromatic rings. The van der Waals surface area contributed by atoms with Gasteiger partial charge in [-0.2, -0.15) is 5.26 Å². The van der Waals surface area contributed by atoms with Gasteiger partial charge < -0.3 is 25.1 Å². The van der Waals surface area contributed by atoms with Gasteiger partial charge >= 0.3 is 5.97 Å². The third-order valence-corrected chi connectivity index (χ3v) is 5.96. The number of nitrogen functional groups attached to an aromatic ring is 1. The molecular weight excluding hydrogens is 404 g/mol. The van der Waals surface area contributed by atoms with Crippen LogP contribution in [0.2, 0.25) is 0 Å². The fourth-order valence-corrected chi connectivity index (χ4v) is 4.26. The predicted molar refractivity (Wildman–Crippen MR) is 123 cm³/mol. The number of esters is 1. The van der Waals surface area contributed by atoms with Gasteiger partial charge in [0, 0.05) is 17.9 Å². The highest BCUT2D eigenvalue weighted by Gasteiger charge is 2.23. The van der Waals surface area contributed by atoms with Crippen LogP contribution in [0.3, 0.4) is 0 Å². The van der Waals surface area contributed by atoms with Crippen LogP contribution in [-0.2, 0) is 17.6 Å². The number of hydrogen-bond donors (Lipinski definition) is 2. The number of nitrogens with one attached hydrogen (secondary N) is 1. The number of benzene rings is 2. The number of rotatable bonds is 6. The van der Waals surface area contributed by atoms with E-state index in [2.05, 4.69) is 17.4 Å². The van der Waals surface area contributed by atoms with Gasteiger partial charge in [0.1, 0.15) is 11.8 Å². The summed E-state index contributed by atoms with van der Waals surface area (Å²) in [6.07, 6.45) is 5.48. The highest BCUT2D eigenvalue weighted by atomic mass is 16.5. The second-order valence-corrected chi connectivity index (χ2v) is 7.86. The minimum atomic E-state index is -0.576. The van der Waals surface area contributed by atoms with Gasteiger partial charge in [0.05, 0.1) is 31.2 Å². The van der Waals surface area contributed by atoms with Crippen LogP contribution in [0.5, 0.6) is 5.75 Å². The predicted octanol–water partition coefficient (Wildman–Crippen LogP) is 4.09. The summed E-state index contributed by atoms with van der Waals surface area (Å²) in [6.45, 7) is 0. The number of ether oxygens (including phenoxy) is 2. The molecule has 164 valence electrons. The molecule has 1 aromatic heterocycles. The van der Waals surface area contributed by atoms with Crippen LogP contribution in [-0.4, -0.2) is 30.8 Å². The van der Waals surface area contributed by atoms with E-state index in [1.54, 1.807) is 17.9 Å². The number of aryl methyl sites for hydroxylation is 2. The van der Waals surface area contributed by atoms with Crippen molar-refractivity contribution >= 4 is 17.3 Å². The number of hydrogen-bond acceptors (Lipinski definition) is 6. The van der Waals surface area contributed by atoms with Crippen molar-refractivity contribution in [2.75, 3.05) is 25.3 Å². The first kappa shape index (κ1) is 21.3. The van der Waals surface area contributed by atoms with Gasteiger partial charge in [-0.3, -0.25) is 0 Å². The van der Waals surface area contributed by atoms with Crippen LogP contribution in [0.1, 0.15) is 40.0 Å². The highest BCUT2D eigenvalue weighted by Crippen LogP contribution is 2.34. The van der Waals surface area contributed by atoms with Crippen LogP contribution in [0.15, 0.2) is 48.7 Å². The molecule has 4 rings (SSSR count). The Bertz CT molecular complexity index is 1180. The number of methoxy groups -OCH3 is 2. The van der Waals surface area contributed by atoms with E-state index < -0.39 is 5.97 Å². The van der Waals surface area contributed by atoms with E-state index in [4.69, 9.17) is 15.2 Å². The third-order valence-electron chi connectivity index (χ3n) is 5.96. The van der Waals surface area contributed by atoms with E-state index >= 15 is 0 Å². The number of anilines is 2. The zero-order chi connectivity index (χ0) is 22.7. The van der Waals surface area contributed by atoms with Crippen LogP contribution in [0.4, 0.5) is 11.4 Å². The third kappa shape index (κ3) is 4.00. The lowest BCUT2D eigenvalue weighted by Crippen LogP contribution is -2.26. The smallest absolute Gasteiger partial charge is 0.357 e. The monoisotopic (exact) mass is 430 g/mol. The average molecular weight is 431 g/mol. The number of nitrogens with zero attached hydrogens (tertiary/aromatic N) is 2. The van der Waals surface area contributed by atoms with Crippen molar-refractivity contribution in [3.05, 3.63) is 71.0 Å². The molecule has 0 aliphatic carbocycles. The van der Waals surface area contributed by atoms with E-state index in [0.29, 0.717) is 6.04 Å². The molecular formula is C25H26N4O3. The Morgan fingerprint density at radius 2 is 2.09 bits per heavy atom. The van der Waals surface area contributed by atoms with E-state index in [9.17, 15) is 10.1 Å². The minimum absolute atomic E-state index is 0.128. The molecule has 0 spiro atoms. The van der Waals surface area contributed by atoms with E-state index in [0.717, 1.165) is 48.4 Å². The molecule has 0 bridgehead atoms. The van der Waals surface area contributed by atoms with Crippen molar-refractivity contribution in [1.82, 2.24) is 4.57 Å². The lowest BCUT2D eigenvalue weighted by atomic mass is 9.93. The summed E-state index contributed by atoms with van der Waals surface area (Å²) in [5.74, 6) is 0.302. The molecule has 1 aliphatic rings. The summed E-state index contributed by atoms with van der Waals surface area (Å²) in [6, 6.07) is 16.4. The Morgan fingerprint density at radius 1 is 1.28 bits per heavy atom. The summed E-state index contributed by atoms with van der Waals surface area (Å²) in [7, 11) is 2.99. The number of nitrogens with two attached hydrogens (primary N) is 1. The number of aromatic nitrogens is 1. The van der Waals surface area contributed by atoms with Gasteiger partial charge in [0.25, 0.3) is 0 Å². The van der Waals surface area contributed by atoms with Crippen LogP contribution in [0.25, 0.3) is 5.69 Å². The average Bonchev–Trinajstić information content (AvgIpc) is 3.18. The van der Waals surface area contributed by atoms with Crippen LogP contribution in [0, 0.1) is 11.3 Å². The van der Waals surface area contributed by atoms with Crippen molar-refractivity contribution in [2.45, 2.75) is 31.7 Å². The fraction of sp³-hybridized carbons (Fsp3) is 0.280. The maximum atomic E-state index is 12.3. The Kier molecular flexibility index (Phi) is 6.04. The minimum Gasteiger partial charge on any atom is -0.495 e. The lowest BCUT2D eigenvalue weighted by Gasteiger charge is -2.28. The molecule has 1 unspecified atom stereocenters. The summed E-state index contributed by atoms with van der Waals surface area (Å²) in [5, 5.41) is 13.0. The largest absolute Gasteiger partial charge is 0.495 e. The van der Waals surface area contributed by atoms with Gasteiger partial charge in [-0.05, 0) is 55.0 Å². The lowest BCUT2D eigenvalue weighted by molar-refractivity contribution is 0.0593. The molecule has 32 heavy (non-hydrogen) atoms. The molecule has 2 aromatic carbocycles. The van der Waals surface area contributed by atoms with E-state index in [1.165, 1.54) is 12.7 Å². The molecule has 0 saturated carbocycles. The molecule has 1 atom stereocenters. The van der Waals surface area contributed by atoms with Crippen LogP contribution >= 0.6 is 0 Å². The van der Waals surface area contributed by atoms with Gasteiger partial charge in [0.15, 0.2) is 5.69 Å². The zero-order valence-corrected chi connectivity index (χ0v) is 18.2. The van der Waals surface area contributed by atoms with Crippen molar-refractivity contribution < 1.29 is 14.3 Å². The summed E-state index contributed by atoms with van der Waals surface area (Å²) in [5.41, 5.74) is 10.8. The van der Waals surface area contributed by atoms with Crippen molar-refractivity contribution in [2.24, 2.45) is 0 Å². The normalized spacial score (nSPS) is 14.7. The number of nitriles is 1. The Morgan fingerprint density at radius 3 is 2.84 bits per heavy atom. The highest BCUT2D eigenvalue weighted by molar-refractivity contribution is 5.95. The van der Waals surface area contributed by atoms with Crippen molar-refractivity contribution in [3.8, 4) is 17.5 Å². The summed E-state index contributed by atoms with van der Waals surface area (Å²) >= 11 is 0. The van der Waals surface area contributed by atoms with Crippen molar-refractivity contribution in [1.29, 1.82) is 5.26 Å². The second-order valence-electron chi connectivity index (χ2n) is 7.86. The molecule has 0 radical (unpaired) electrons. The van der Waals surface area contributed by atoms with Gasteiger partial charge in [-0.25, -0.2) is 4.79 Å². The Hall–Kier alpha value is -3.92. The molecule has 0 saturated heterocycles. The van der Waals surface area contributed by atoms with Crippen molar-refractivity contribution in [3.63, 3.8) is 0 Å². The first-order chi connectivity index (χ1) is 15.5. The molecule has 2 heterocycles. The van der Waals surface area contributed by atoms with Crippen LogP contribution < -0.4 is 15.8 Å². The molecule has 3 N–H and O–H groups in total. The Labute approximate surface area is 187 Å². The molecule has 1 aliphatic heterocycles. The molecule has 7 heteroatoms. The van der Waals surface area contributed by atoms with E-state index in [1.807, 2.05) is 36.4 Å². The van der Waals surface area contributed by atoms with Gasteiger partial charge in [0.2, 0.25) is 0 Å². The molecule has 0 fully saturated rings. The van der Waals surface area contributed by atoms with Gasteiger partial charge in [-0.1, -0.05) is 24.3 Å². The standard InChI is InChI=1S/C25H26N4O3/c1-31-21-8-4-6-17-10-12-19(28-23(17)21)11-9-16-5-3-7-20(13-16)29-15-18(14-26)22(27)24(29)25(30)32-2/h3-8,13,15,19,28H,9-12,27H2,1-2H3. The summed E-state index contributed by atoms with van der Waals surface area (Å²) < 4.78 is 12.0. The topological polar surface area (TPSA) is 102 Å². The second kappa shape index (κ2) is 9.06. The maximum absolute atomic E-state index is 12.3.